The Morgan fingerprint density at radius 2 is 2.00 bits per heavy atom. The Kier molecular flexibility index (Phi) is 10.6. The predicted molar refractivity (Wildman–Crippen MR) is 103 cm³/mol. The summed E-state index contributed by atoms with van der Waals surface area (Å²) < 4.78 is 0. The highest BCUT2D eigenvalue weighted by atomic mass is 35.5. The smallest absolute Gasteiger partial charge is 0.150 e. The first-order valence-electron chi connectivity index (χ1n) is 6.71. The summed E-state index contributed by atoms with van der Waals surface area (Å²) in [6, 6.07) is -0.178. The van der Waals surface area contributed by atoms with Gasteiger partial charge in [0.05, 0.1) is 18.3 Å². The molecule has 0 aliphatic carbocycles. The standard InChI is InChI=1S/C16H21Cl2N5/c1-5-8-13(7-3)15(16(18)22-12(4)6-2)21-11-23(10-19)14(20)9-17/h5-8,10,12,19-20H,1-3,9,11H2,4H3/b13-8+,19-10?,20-14?,21-15-,22-16?. The lowest BCUT2D eigenvalue weighted by Crippen LogP contribution is -2.31. The van der Waals surface area contributed by atoms with Crippen LogP contribution in [0.2, 0.25) is 0 Å². The Labute approximate surface area is 147 Å². The molecule has 0 bridgehead atoms. The quantitative estimate of drug-likeness (QED) is 0.201. The molecule has 0 saturated heterocycles. The van der Waals surface area contributed by atoms with Crippen molar-refractivity contribution in [1.82, 2.24) is 4.90 Å². The molecule has 5 nitrogen and oxygen atoms in total. The number of rotatable bonds is 10. The van der Waals surface area contributed by atoms with E-state index in [1.807, 2.05) is 6.92 Å². The van der Waals surface area contributed by atoms with E-state index >= 15 is 0 Å². The highest BCUT2D eigenvalue weighted by Crippen LogP contribution is 2.09. The third-order valence-corrected chi connectivity index (χ3v) is 3.18. The van der Waals surface area contributed by atoms with Crippen molar-refractivity contribution in [3.63, 3.8) is 0 Å². The molecule has 0 saturated carbocycles. The van der Waals surface area contributed by atoms with Gasteiger partial charge in [-0.25, -0.2) is 0 Å². The average molecular weight is 354 g/mol. The van der Waals surface area contributed by atoms with Crippen molar-refractivity contribution in [1.29, 1.82) is 10.8 Å². The minimum absolute atomic E-state index is 0.0148. The van der Waals surface area contributed by atoms with E-state index in [2.05, 4.69) is 29.7 Å². The summed E-state index contributed by atoms with van der Waals surface area (Å²) in [7, 11) is 0. The molecule has 0 aliphatic heterocycles. The zero-order chi connectivity index (χ0) is 17.8. The molecule has 0 heterocycles. The van der Waals surface area contributed by atoms with E-state index < -0.39 is 0 Å². The fourth-order valence-electron chi connectivity index (χ4n) is 1.37. The molecule has 7 heteroatoms. The maximum absolute atomic E-state index is 7.67. The second-order valence-corrected chi connectivity index (χ2v) is 4.91. The number of hydrogen-bond donors (Lipinski definition) is 2. The lowest BCUT2D eigenvalue weighted by atomic mass is 10.1. The van der Waals surface area contributed by atoms with Crippen molar-refractivity contribution >= 4 is 46.3 Å². The number of allylic oxidation sites excluding steroid dienone is 4. The van der Waals surface area contributed by atoms with Gasteiger partial charge in [-0.1, -0.05) is 49.1 Å². The molecule has 1 atom stereocenters. The second-order valence-electron chi connectivity index (χ2n) is 4.29. The van der Waals surface area contributed by atoms with Crippen molar-refractivity contribution in [2.45, 2.75) is 13.0 Å². The fraction of sp³-hybridized carbons (Fsp3) is 0.250. The third kappa shape index (κ3) is 7.21. The number of aliphatic imine (C=N–C) groups is 2. The number of halogens is 2. The Hall–Kier alpha value is -1.98. The minimum atomic E-state index is -0.178. The van der Waals surface area contributed by atoms with E-state index in [0.29, 0.717) is 11.3 Å². The van der Waals surface area contributed by atoms with Crippen LogP contribution in [0.3, 0.4) is 0 Å². The molecule has 124 valence electrons. The largest absolute Gasteiger partial charge is 0.300 e. The van der Waals surface area contributed by atoms with Gasteiger partial charge < -0.3 is 4.90 Å². The van der Waals surface area contributed by atoms with Gasteiger partial charge in [-0.2, -0.15) is 0 Å². The van der Waals surface area contributed by atoms with Gasteiger partial charge in [0.1, 0.15) is 23.4 Å². The summed E-state index contributed by atoms with van der Waals surface area (Å²) in [6.45, 7) is 12.9. The Bertz CT molecular complexity index is 561. The molecule has 0 rings (SSSR count). The van der Waals surface area contributed by atoms with Gasteiger partial charge in [0.2, 0.25) is 0 Å². The molecule has 0 aromatic carbocycles. The first-order chi connectivity index (χ1) is 10.9. The van der Waals surface area contributed by atoms with Crippen LogP contribution in [-0.4, -0.2) is 46.5 Å². The van der Waals surface area contributed by atoms with Gasteiger partial charge in [0.15, 0.2) is 0 Å². The van der Waals surface area contributed by atoms with Crippen LogP contribution in [0.15, 0.2) is 59.6 Å². The van der Waals surface area contributed by atoms with Gasteiger partial charge in [-0.05, 0) is 6.92 Å². The maximum Gasteiger partial charge on any atom is 0.150 e. The molecule has 1 unspecified atom stereocenters. The molecule has 2 N–H and O–H groups in total. The van der Waals surface area contributed by atoms with Crippen molar-refractivity contribution in [2.75, 3.05) is 12.5 Å². The number of hydrogen-bond acceptors (Lipinski definition) is 4. The molecule has 0 aromatic rings. The summed E-state index contributed by atoms with van der Waals surface area (Å²) in [4.78, 5) is 9.90. The molecule has 0 radical (unpaired) electrons. The summed E-state index contributed by atoms with van der Waals surface area (Å²) in [6.07, 6.45) is 7.50. The van der Waals surface area contributed by atoms with Crippen LogP contribution >= 0.6 is 23.2 Å². The van der Waals surface area contributed by atoms with E-state index in [-0.39, 0.29) is 29.6 Å². The van der Waals surface area contributed by atoms with E-state index in [0.717, 1.165) is 6.34 Å². The average Bonchev–Trinajstić information content (AvgIpc) is 2.56. The van der Waals surface area contributed by atoms with Gasteiger partial charge in [0.25, 0.3) is 0 Å². The van der Waals surface area contributed by atoms with E-state index in [4.69, 9.17) is 34.0 Å². The van der Waals surface area contributed by atoms with Gasteiger partial charge in [-0.15, -0.1) is 18.2 Å². The first-order valence-corrected chi connectivity index (χ1v) is 7.63. The molecule has 0 fully saturated rings. The maximum atomic E-state index is 7.67. The highest BCUT2D eigenvalue weighted by Gasteiger charge is 2.12. The highest BCUT2D eigenvalue weighted by molar-refractivity contribution is 6.86. The molecule has 0 aliphatic rings. The summed E-state index contributed by atoms with van der Waals surface area (Å²) in [5.74, 6) is 0.0389. The molecule has 0 aromatic heterocycles. The Morgan fingerprint density at radius 3 is 2.43 bits per heavy atom. The van der Waals surface area contributed by atoms with Crippen LogP contribution in [0.25, 0.3) is 0 Å². The number of alkyl halides is 1. The summed E-state index contributed by atoms with van der Waals surface area (Å²) in [5, 5.41) is 15.2. The SMILES string of the molecule is C=C/C=C(C=C)/C(=N/CN(C=N)C(=N)CCl)C(Cl)=NC(C)C=C. The van der Waals surface area contributed by atoms with Gasteiger partial charge in [-0.3, -0.25) is 20.8 Å². The first kappa shape index (κ1) is 21.0. The van der Waals surface area contributed by atoms with Crippen LogP contribution in [0, 0.1) is 10.8 Å². The van der Waals surface area contributed by atoms with Crippen LogP contribution in [0.4, 0.5) is 0 Å². The van der Waals surface area contributed by atoms with Crippen LogP contribution in [0.5, 0.6) is 0 Å². The molecular formula is C16H21Cl2N5. The zero-order valence-corrected chi connectivity index (χ0v) is 14.6. The van der Waals surface area contributed by atoms with Gasteiger partial charge in [0, 0.05) is 5.57 Å². The van der Waals surface area contributed by atoms with Crippen LogP contribution < -0.4 is 0 Å². The third-order valence-electron chi connectivity index (χ3n) is 2.65. The Balaban J connectivity index is 5.75. The number of nitrogens with one attached hydrogen (secondary N) is 2. The van der Waals surface area contributed by atoms with Crippen molar-refractivity contribution in [3.05, 3.63) is 49.6 Å². The Morgan fingerprint density at radius 1 is 1.35 bits per heavy atom. The van der Waals surface area contributed by atoms with E-state index in [9.17, 15) is 0 Å². The second kappa shape index (κ2) is 11.6. The molecular weight excluding hydrogens is 333 g/mol. The molecule has 0 amide bonds. The minimum Gasteiger partial charge on any atom is -0.300 e. The van der Waals surface area contributed by atoms with Gasteiger partial charge >= 0.3 is 0 Å². The van der Waals surface area contributed by atoms with Crippen LogP contribution in [0.1, 0.15) is 6.92 Å². The molecule has 0 spiro atoms. The molecule has 23 heavy (non-hydrogen) atoms. The monoisotopic (exact) mass is 353 g/mol. The fourth-order valence-corrected chi connectivity index (χ4v) is 1.84. The lowest BCUT2D eigenvalue weighted by molar-refractivity contribution is 0.634. The summed E-state index contributed by atoms with van der Waals surface area (Å²) in [5.41, 5.74) is 1.02. The summed E-state index contributed by atoms with van der Waals surface area (Å²) >= 11 is 11.9. The number of nitrogens with zero attached hydrogens (tertiary/aromatic N) is 3. The van der Waals surface area contributed by atoms with Crippen molar-refractivity contribution in [2.24, 2.45) is 9.98 Å². The van der Waals surface area contributed by atoms with E-state index in [1.165, 1.54) is 4.90 Å². The zero-order valence-electron chi connectivity index (χ0n) is 13.1. The van der Waals surface area contributed by atoms with Crippen molar-refractivity contribution < 1.29 is 0 Å². The topological polar surface area (TPSA) is 75.7 Å². The number of amidine groups is 1. The van der Waals surface area contributed by atoms with Crippen LogP contribution in [-0.2, 0) is 0 Å². The normalized spacial score (nSPS) is 14.0. The van der Waals surface area contributed by atoms with Crippen molar-refractivity contribution in [3.8, 4) is 0 Å². The van der Waals surface area contributed by atoms with E-state index in [1.54, 1.807) is 24.3 Å². The predicted octanol–water partition coefficient (Wildman–Crippen LogP) is 4.02. The lowest BCUT2D eigenvalue weighted by Gasteiger charge is -2.16.